The van der Waals surface area contributed by atoms with Gasteiger partial charge in [-0.3, -0.25) is 9.36 Å². The third-order valence-electron chi connectivity index (χ3n) is 2.28. The molecule has 1 amide bonds. The van der Waals surface area contributed by atoms with Crippen LogP contribution in [0.5, 0.6) is 0 Å². The molecule has 0 radical (unpaired) electrons. The molecule has 2 aromatic rings. The van der Waals surface area contributed by atoms with E-state index in [9.17, 15) is 4.79 Å². The molecule has 0 saturated carbocycles. The number of anilines is 1. The number of halogens is 1. The third-order valence-corrected chi connectivity index (χ3v) is 2.72. The first-order chi connectivity index (χ1) is 8.58. The molecule has 2 aromatic heterocycles. The van der Waals surface area contributed by atoms with Crippen molar-refractivity contribution in [3.8, 4) is 0 Å². The van der Waals surface area contributed by atoms with E-state index in [-0.39, 0.29) is 6.61 Å². The molecule has 0 aliphatic heterocycles. The summed E-state index contributed by atoms with van der Waals surface area (Å²) in [6, 6.07) is 1.83. The number of carbonyl (C=O) groups excluding carboxylic acids is 1. The van der Waals surface area contributed by atoms with Gasteiger partial charge in [0, 0.05) is 10.7 Å². The predicted octanol–water partition coefficient (Wildman–Crippen LogP) is 0.278. The first-order valence-electron chi connectivity index (χ1n) is 5.21. The summed E-state index contributed by atoms with van der Waals surface area (Å²) in [4.78, 5) is 18.9. The maximum Gasteiger partial charge on any atom is 0.243 e. The van der Waals surface area contributed by atoms with E-state index in [1.807, 2.05) is 6.07 Å². The maximum atomic E-state index is 10.5. The number of nitrogens with two attached hydrogens (primary N) is 2. The van der Waals surface area contributed by atoms with Gasteiger partial charge < -0.3 is 16.2 Å². The van der Waals surface area contributed by atoms with Crippen molar-refractivity contribution >= 4 is 38.9 Å². The van der Waals surface area contributed by atoms with Crippen molar-refractivity contribution in [1.82, 2.24) is 14.5 Å². The van der Waals surface area contributed by atoms with Gasteiger partial charge in [0.2, 0.25) is 11.9 Å². The smallest absolute Gasteiger partial charge is 0.243 e. The molecule has 7 nitrogen and oxygen atoms in total. The van der Waals surface area contributed by atoms with Gasteiger partial charge in [-0.25, -0.2) is 9.97 Å². The van der Waals surface area contributed by atoms with Gasteiger partial charge in [0.05, 0.1) is 13.2 Å². The second kappa shape index (κ2) is 5.32. The van der Waals surface area contributed by atoms with Crippen LogP contribution in [0.15, 0.2) is 16.7 Å². The van der Waals surface area contributed by atoms with Gasteiger partial charge in [0.25, 0.3) is 0 Å². The number of amides is 1. The zero-order valence-corrected chi connectivity index (χ0v) is 11.1. The number of pyridine rings is 1. The van der Waals surface area contributed by atoms with Crippen molar-refractivity contribution in [2.75, 3.05) is 18.9 Å². The lowest BCUT2D eigenvalue weighted by molar-refractivity contribution is -0.122. The second-order valence-corrected chi connectivity index (χ2v) is 4.55. The number of carbonyl (C=O) groups is 1. The second-order valence-electron chi connectivity index (χ2n) is 3.64. The number of hydrogen-bond donors (Lipinski definition) is 2. The summed E-state index contributed by atoms with van der Waals surface area (Å²) in [5.74, 6) is -0.140. The van der Waals surface area contributed by atoms with Crippen LogP contribution in [0.1, 0.15) is 0 Å². The van der Waals surface area contributed by atoms with Crippen LogP contribution in [-0.2, 0) is 16.1 Å². The van der Waals surface area contributed by atoms with Gasteiger partial charge in [-0.2, -0.15) is 0 Å². The Labute approximate surface area is 111 Å². The molecule has 0 saturated heterocycles. The summed E-state index contributed by atoms with van der Waals surface area (Å²) in [5, 5.41) is 0. The number of aromatic nitrogens is 3. The van der Waals surface area contributed by atoms with E-state index >= 15 is 0 Å². The number of hydrogen-bond acceptors (Lipinski definition) is 5. The van der Waals surface area contributed by atoms with Crippen molar-refractivity contribution in [2.45, 2.75) is 6.54 Å². The average molecular weight is 314 g/mol. The van der Waals surface area contributed by atoms with Crippen LogP contribution in [0.3, 0.4) is 0 Å². The predicted molar refractivity (Wildman–Crippen MR) is 69.7 cm³/mol. The molecule has 96 valence electrons. The summed E-state index contributed by atoms with van der Waals surface area (Å²) in [6.07, 6.45) is 1.67. The fourth-order valence-corrected chi connectivity index (χ4v) is 1.87. The van der Waals surface area contributed by atoms with Crippen LogP contribution < -0.4 is 11.5 Å². The van der Waals surface area contributed by atoms with Crippen molar-refractivity contribution in [3.63, 3.8) is 0 Å². The van der Waals surface area contributed by atoms with E-state index in [2.05, 4.69) is 25.9 Å². The molecule has 8 heteroatoms. The monoisotopic (exact) mass is 313 g/mol. The lowest BCUT2D eigenvalue weighted by Crippen LogP contribution is -2.20. The molecule has 0 unspecified atom stereocenters. The summed E-state index contributed by atoms with van der Waals surface area (Å²) in [6.45, 7) is 0.673. The van der Waals surface area contributed by atoms with Gasteiger partial charge in [0.1, 0.15) is 12.1 Å². The van der Waals surface area contributed by atoms with Crippen LogP contribution >= 0.6 is 15.9 Å². The van der Waals surface area contributed by atoms with E-state index in [0.717, 1.165) is 4.47 Å². The summed E-state index contributed by atoms with van der Waals surface area (Å²) >= 11 is 3.32. The first kappa shape index (κ1) is 12.8. The lowest BCUT2D eigenvalue weighted by atomic mass is 10.4. The number of fused-ring (bicyclic) bond motifs is 1. The molecule has 0 atom stereocenters. The maximum absolute atomic E-state index is 10.5. The van der Waals surface area contributed by atoms with E-state index in [1.165, 1.54) is 0 Å². The molecule has 2 heterocycles. The zero-order chi connectivity index (χ0) is 13.1. The van der Waals surface area contributed by atoms with Crippen molar-refractivity contribution in [1.29, 1.82) is 0 Å². The Morgan fingerprint density at radius 1 is 1.56 bits per heavy atom. The SMILES string of the molecule is NC(=O)COCCn1c(N)nc2cc(Br)cnc21. The molecule has 0 spiro atoms. The Kier molecular flexibility index (Phi) is 3.78. The highest BCUT2D eigenvalue weighted by molar-refractivity contribution is 9.10. The summed E-state index contributed by atoms with van der Waals surface area (Å²) < 4.78 is 7.64. The highest BCUT2D eigenvalue weighted by Crippen LogP contribution is 2.19. The molecule has 0 fully saturated rings. The topological polar surface area (TPSA) is 109 Å². The summed E-state index contributed by atoms with van der Waals surface area (Å²) in [7, 11) is 0. The molecule has 4 N–H and O–H groups in total. The highest BCUT2D eigenvalue weighted by atomic mass is 79.9. The summed E-state index contributed by atoms with van der Waals surface area (Å²) in [5.41, 5.74) is 12.1. The molecule has 18 heavy (non-hydrogen) atoms. The molecule has 2 rings (SSSR count). The fraction of sp³-hybridized carbons (Fsp3) is 0.300. The first-order valence-corrected chi connectivity index (χ1v) is 6.00. The number of rotatable bonds is 5. The number of nitrogen functional groups attached to an aromatic ring is 1. The van der Waals surface area contributed by atoms with Crippen LogP contribution in [0.2, 0.25) is 0 Å². The highest BCUT2D eigenvalue weighted by Gasteiger charge is 2.09. The number of imidazole rings is 1. The standard InChI is InChI=1S/C10H12BrN5O2/c11-6-3-7-9(14-4-6)16(10(13)15-7)1-2-18-5-8(12)17/h3-4H,1-2,5H2,(H2,12,17)(H2,13,15). The minimum absolute atomic E-state index is 0.106. The lowest BCUT2D eigenvalue weighted by Gasteiger charge is -2.05. The minimum Gasteiger partial charge on any atom is -0.370 e. The van der Waals surface area contributed by atoms with Crippen molar-refractivity contribution in [3.05, 3.63) is 16.7 Å². The molecule has 0 aliphatic rings. The van der Waals surface area contributed by atoms with Gasteiger partial charge in [-0.15, -0.1) is 0 Å². The zero-order valence-electron chi connectivity index (χ0n) is 9.47. The Morgan fingerprint density at radius 2 is 2.33 bits per heavy atom. The van der Waals surface area contributed by atoms with E-state index in [4.69, 9.17) is 16.2 Å². The average Bonchev–Trinajstić information content (AvgIpc) is 2.59. The van der Waals surface area contributed by atoms with Gasteiger partial charge >= 0.3 is 0 Å². The number of nitrogens with zero attached hydrogens (tertiary/aromatic N) is 3. The molecular weight excluding hydrogens is 302 g/mol. The Balaban J connectivity index is 2.12. The Morgan fingerprint density at radius 3 is 3.06 bits per heavy atom. The van der Waals surface area contributed by atoms with Crippen LogP contribution in [0, 0.1) is 0 Å². The molecule has 0 bridgehead atoms. The normalized spacial score (nSPS) is 10.9. The van der Waals surface area contributed by atoms with Crippen molar-refractivity contribution in [2.24, 2.45) is 5.73 Å². The third kappa shape index (κ3) is 2.77. The minimum atomic E-state index is -0.500. The largest absolute Gasteiger partial charge is 0.370 e. The van der Waals surface area contributed by atoms with Crippen molar-refractivity contribution < 1.29 is 9.53 Å². The van der Waals surface area contributed by atoms with Crippen LogP contribution in [-0.4, -0.2) is 33.7 Å². The van der Waals surface area contributed by atoms with Gasteiger partial charge in [-0.1, -0.05) is 0 Å². The van der Waals surface area contributed by atoms with Gasteiger partial charge in [0.15, 0.2) is 5.65 Å². The number of primary amides is 1. The molecule has 0 aromatic carbocycles. The van der Waals surface area contributed by atoms with Crippen LogP contribution in [0.25, 0.3) is 11.2 Å². The fourth-order valence-electron chi connectivity index (χ4n) is 1.55. The molecule has 0 aliphatic carbocycles. The van der Waals surface area contributed by atoms with E-state index < -0.39 is 5.91 Å². The van der Waals surface area contributed by atoms with E-state index in [0.29, 0.717) is 30.3 Å². The Bertz CT molecular complexity index is 583. The number of ether oxygens (including phenoxy) is 1. The Hall–Kier alpha value is -1.67. The van der Waals surface area contributed by atoms with Crippen LogP contribution in [0.4, 0.5) is 5.95 Å². The van der Waals surface area contributed by atoms with E-state index in [1.54, 1.807) is 10.8 Å². The van der Waals surface area contributed by atoms with Gasteiger partial charge in [-0.05, 0) is 22.0 Å². The molecular formula is C10H12BrN5O2. The quantitative estimate of drug-likeness (QED) is 0.770.